The molecular weight excluding hydrogens is 320 g/mol. The van der Waals surface area contributed by atoms with Gasteiger partial charge in [-0.15, -0.1) is 11.3 Å². The lowest BCUT2D eigenvalue weighted by Crippen LogP contribution is -2.11. The molecule has 0 bridgehead atoms. The highest BCUT2D eigenvalue weighted by molar-refractivity contribution is 7.10. The van der Waals surface area contributed by atoms with Gasteiger partial charge < -0.3 is 15.0 Å². The van der Waals surface area contributed by atoms with Crippen LogP contribution in [0.1, 0.15) is 16.5 Å². The molecule has 6 heteroatoms. The van der Waals surface area contributed by atoms with E-state index in [-0.39, 0.29) is 6.04 Å². The number of benzene rings is 1. The normalized spacial score (nSPS) is 12.2. The summed E-state index contributed by atoms with van der Waals surface area (Å²) in [5.41, 5.74) is 2.24. The van der Waals surface area contributed by atoms with Crippen LogP contribution in [0.3, 0.4) is 0 Å². The van der Waals surface area contributed by atoms with E-state index in [4.69, 9.17) is 4.74 Å². The van der Waals surface area contributed by atoms with Crippen LogP contribution >= 0.6 is 11.3 Å². The first kappa shape index (κ1) is 14.7. The summed E-state index contributed by atoms with van der Waals surface area (Å²) in [6, 6.07) is 12.1. The monoisotopic (exact) mass is 336 g/mol. The maximum Gasteiger partial charge on any atom is 0.130 e. The third-order valence-corrected chi connectivity index (χ3v) is 4.87. The third kappa shape index (κ3) is 2.72. The minimum Gasteiger partial charge on any atom is -0.497 e. The molecule has 3 heterocycles. The Bertz CT molecular complexity index is 934. The van der Waals surface area contributed by atoms with Crippen molar-refractivity contribution >= 4 is 28.1 Å². The van der Waals surface area contributed by atoms with Gasteiger partial charge in [0.2, 0.25) is 0 Å². The topological polar surface area (TPSA) is 62.8 Å². The summed E-state index contributed by atoms with van der Waals surface area (Å²) in [6.07, 6.45) is 5.33. The quantitative estimate of drug-likeness (QED) is 0.572. The summed E-state index contributed by atoms with van der Waals surface area (Å²) in [5.74, 6) is 1.64. The molecule has 3 aromatic heterocycles. The molecule has 5 nitrogen and oxygen atoms in total. The summed E-state index contributed by atoms with van der Waals surface area (Å²) in [4.78, 5) is 12.8. The largest absolute Gasteiger partial charge is 0.497 e. The molecule has 1 atom stereocenters. The van der Waals surface area contributed by atoms with Gasteiger partial charge in [-0.25, -0.2) is 9.97 Å². The Hall–Kier alpha value is -2.86. The average Bonchev–Trinajstić information content (AvgIpc) is 3.30. The SMILES string of the molecule is COc1ccc2[nH]cc(C(Nc3ccncn3)c3cccs3)c2c1. The summed E-state index contributed by atoms with van der Waals surface area (Å²) >= 11 is 1.72. The van der Waals surface area contributed by atoms with Crippen molar-refractivity contribution in [1.82, 2.24) is 15.0 Å². The van der Waals surface area contributed by atoms with E-state index >= 15 is 0 Å². The minimum atomic E-state index is 0.000700. The molecule has 4 aromatic rings. The minimum absolute atomic E-state index is 0.000700. The number of hydrogen-bond donors (Lipinski definition) is 2. The van der Waals surface area contributed by atoms with Gasteiger partial charge in [0.25, 0.3) is 0 Å². The van der Waals surface area contributed by atoms with Gasteiger partial charge in [0.1, 0.15) is 17.9 Å². The Balaban J connectivity index is 1.81. The number of anilines is 1. The van der Waals surface area contributed by atoms with Gasteiger partial charge in [0.05, 0.1) is 13.2 Å². The predicted octanol–water partition coefficient (Wildman–Crippen LogP) is 4.23. The van der Waals surface area contributed by atoms with Crippen LogP contribution in [-0.4, -0.2) is 22.1 Å². The summed E-state index contributed by atoms with van der Waals surface area (Å²) in [6.45, 7) is 0. The number of nitrogens with one attached hydrogen (secondary N) is 2. The molecule has 0 aliphatic carbocycles. The van der Waals surface area contributed by atoms with E-state index < -0.39 is 0 Å². The van der Waals surface area contributed by atoms with Crippen molar-refractivity contribution in [2.24, 2.45) is 0 Å². The second-order valence-corrected chi connectivity index (χ2v) is 6.32. The summed E-state index contributed by atoms with van der Waals surface area (Å²) in [5, 5.41) is 6.73. The molecule has 1 unspecified atom stereocenters. The van der Waals surface area contributed by atoms with Gasteiger partial charge in [0.15, 0.2) is 0 Å². The van der Waals surface area contributed by atoms with Gasteiger partial charge in [-0.3, -0.25) is 0 Å². The van der Waals surface area contributed by atoms with Crippen molar-refractivity contribution in [1.29, 1.82) is 0 Å². The summed E-state index contributed by atoms with van der Waals surface area (Å²) in [7, 11) is 1.68. The first-order chi connectivity index (χ1) is 11.8. The molecule has 4 rings (SSSR count). The van der Waals surface area contributed by atoms with Crippen LogP contribution in [0.5, 0.6) is 5.75 Å². The van der Waals surface area contributed by atoms with Gasteiger partial charge in [-0.05, 0) is 35.7 Å². The van der Waals surface area contributed by atoms with E-state index in [1.54, 1.807) is 31.0 Å². The Morgan fingerprint density at radius 3 is 2.96 bits per heavy atom. The average molecular weight is 336 g/mol. The fraction of sp³-hybridized carbons (Fsp3) is 0.111. The van der Waals surface area contributed by atoms with Crippen molar-refractivity contribution in [3.63, 3.8) is 0 Å². The molecule has 0 saturated carbocycles. The zero-order chi connectivity index (χ0) is 16.4. The lowest BCUT2D eigenvalue weighted by atomic mass is 10.0. The zero-order valence-electron chi connectivity index (χ0n) is 13.1. The standard InChI is InChI=1S/C18H16N4OS/c1-23-12-4-5-15-13(9-12)14(10-20-15)18(16-3-2-8-24-16)22-17-6-7-19-11-21-17/h2-11,18,20H,1H3,(H,19,21,22). The predicted molar refractivity (Wildman–Crippen MR) is 96.7 cm³/mol. The van der Waals surface area contributed by atoms with Crippen LogP contribution in [0.15, 0.2) is 60.5 Å². The lowest BCUT2D eigenvalue weighted by molar-refractivity contribution is 0.415. The smallest absolute Gasteiger partial charge is 0.130 e. The number of ether oxygens (including phenoxy) is 1. The number of hydrogen-bond acceptors (Lipinski definition) is 5. The van der Waals surface area contributed by atoms with Crippen molar-refractivity contribution in [2.75, 3.05) is 12.4 Å². The second kappa shape index (κ2) is 6.33. The molecule has 0 radical (unpaired) electrons. The number of thiophene rings is 1. The third-order valence-electron chi connectivity index (χ3n) is 3.93. The Morgan fingerprint density at radius 2 is 2.21 bits per heavy atom. The van der Waals surface area contributed by atoms with Crippen LogP contribution in [0.25, 0.3) is 10.9 Å². The first-order valence-electron chi connectivity index (χ1n) is 7.56. The number of fused-ring (bicyclic) bond motifs is 1. The lowest BCUT2D eigenvalue weighted by Gasteiger charge is -2.18. The Morgan fingerprint density at radius 1 is 1.25 bits per heavy atom. The Kier molecular flexibility index (Phi) is 3.88. The molecule has 0 amide bonds. The highest BCUT2D eigenvalue weighted by Gasteiger charge is 2.19. The number of aromatic amines is 1. The van der Waals surface area contributed by atoms with Gasteiger partial charge >= 0.3 is 0 Å². The van der Waals surface area contributed by atoms with E-state index in [1.807, 2.05) is 24.4 Å². The number of methoxy groups -OCH3 is 1. The number of aromatic nitrogens is 3. The molecular formula is C18H16N4OS. The van der Waals surface area contributed by atoms with E-state index in [1.165, 1.54) is 4.88 Å². The number of H-pyrrole nitrogens is 1. The zero-order valence-corrected chi connectivity index (χ0v) is 13.9. The van der Waals surface area contributed by atoms with E-state index in [2.05, 4.69) is 43.8 Å². The first-order valence-corrected chi connectivity index (χ1v) is 8.44. The maximum absolute atomic E-state index is 5.38. The Labute approximate surface area is 143 Å². The fourth-order valence-corrected chi connectivity index (χ4v) is 3.56. The van der Waals surface area contributed by atoms with E-state index in [9.17, 15) is 0 Å². The van der Waals surface area contributed by atoms with Gasteiger partial charge in [-0.1, -0.05) is 6.07 Å². The number of nitrogens with zero attached hydrogens (tertiary/aromatic N) is 2. The molecule has 0 aliphatic rings. The molecule has 1 aromatic carbocycles. The second-order valence-electron chi connectivity index (χ2n) is 5.34. The van der Waals surface area contributed by atoms with Crippen molar-refractivity contribution in [3.8, 4) is 5.75 Å². The highest BCUT2D eigenvalue weighted by atomic mass is 32.1. The molecule has 0 saturated heterocycles. The van der Waals surface area contributed by atoms with Crippen LogP contribution in [0, 0.1) is 0 Å². The van der Waals surface area contributed by atoms with Crippen LogP contribution < -0.4 is 10.1 Å². The maximum atomic E-state index is 5.38. The van der Waals surface area contributed by atoms with Crippen LogP contribution in [0.4, 0.5) is 5.82 Å². The summed E-state index contributed by atoms with van der Waals surface area (Å²) < 4.78 is 5.38. The van der Waals surface area contributed by atoms with Crippen LogP contribution in [0.2, 0.25) is 0 Å². The molecule has 120 valence electrons. The molecule has 0 fully saturated rings. The van der Waals surface area contributed by atoms with Gasteiger partial charge in [0, 0.05) is 33.7 Å². The van der Waals surface area contributed by atoms with E-state index in [0.717, 1.165) is 28.0 Å². The van der Waals surface area contributed by atoms with E-state index in [0.29, 0.717) is 0 Å². The molecule has 2 N–H and O–H groups in total. The number of rotatable bonds is 5. The molecule has 0 spiro atoms. The van der Waals surface area contributed by atoms with Crippen molar-refractivity contribution < 1.29 is 4.74 Å². The molecule has 0 aliphatic heterocycles. The van der Waals surface area contributed by atoms with Crippen molar-refractivity contribution in [3.05, 3.63) is 70.9 Å². The highest BCUT2D eigenvalue weighted by Crippen LogP contribution is 2.35. The fourth-order valence-electron chi connectivity index (χ4n) is 2.77. The molecule has 24 heavy (non-hydrogen) atoms. The van der Waals surface area contributed by atoms with Crippen molar-refractivity contribution in [2.45, 2.75) is 6.04 Å². The van der Waals surface area contributed by atoms with Gasteiger partial charge in [-0.2, -0.15) is 0 Å². The van der Waals surface area contributed by atoms with Crippen LogP contribution in [-0.2, 0) is 0 Å².